The third-order valence-electron chi connectivity index (χ3n) is 10.4. The summed E-state index contributed by atoms with van der Waals surface area (Å²) in [5.74, 6) is 0. The Morgan fingerprint density at radius 2 is 0.941 bits per heavy atom. The van der Waals surface area contributed by atoms with Crippen molar-refractivity contribution in [3.05, 3.63) is 176 Å². The van der Waals surface area contributed by atoms with Gasteiger partial charge in [-0.05, 0) is 110 Å². The quantitative estimate of drug-likeness (QED) is 0.174. The largest absolute Gasteiger partial charge is 0.456 e. The molecule has 238 valence electrons. The molecule has 0 radical (unpaired) electrons. The molecule has 0 aliphatic carbocycles. The van der Waals surface area contributed by atoms with Gasteiger partial charge in [-0.25, -0.2) is 0 Å². The zero-order valence-corrected chi connectivity index (χ0v) is 28.3. The number of hydrogen-bond acceptors (Lipinski definition) is 3. The molecule has 0 unspecified atom stereocenters. The molecule has 0 aliphatic rings. The lowest BCUT2D eigenvalue weighted by Crippen LogP contribution is -2.09. The Bertz CT molecular complexity index is 3030. The van der Waals surface area contributed by atoms with Crippen molar-refractivity contribution in [2.75, 3.05) is 4.90 Å². The van der Waals surface area contributed by atoms with Crippen molar-refractivity contribution in [2.45, 2.75) is 0 Å². The molecule has 0 saturated carbocycles. The summed E-state index contributed by atoms with van der Waals surface area (Å²) in [5, 5.41) is 12.5. The lowest BCUT2D eigenvalue weighted by atomic mass is 9.94. The van der Waals surface area contributed by atoms with Gasteiger partial charge >= 0.3 is 0 Å². The Hall–Kier alpha value is -6.42. The van der Waals surface area contributed by atoms with Gasteiger partial charge in [-0.3, -0.25) is 0 Å². The third kappa shape index (κ3) is 4.49. The summed E-state index contributed by atoms with van der Waals surface area (Å²) < 4.78 is 8.83. The van der Waals surface area contributed by atoms with Crippen LogP contribution >= 0.6 is 11.3 Å². The first kappa shape index (κ1) is 28.4. The van der Waals surface area contributed by atoms with Crippen LogP contribution in [-0.4, -0.2) is 0 Å². The van der Waals surface area contributed by atoms with Crippen LogP contribution < -0.4 is 4.90 Å². The zero-order valence-electron chi connectivity index (χ0n) is 27.5. The van der Waals surface area contributed by atoms with Crippen LogP contribution in [0, 0.1) is 0 Å². The fraction of sp³-hybridized carbons (Fsp3) is 0. The maximum atomic E-state index is 6.22. The number of hydrogen-bond donors (Lipinski definition) is 0. The molecule has 11 rings (SSSR count). The van der Waals surface area contributed by atoms with Gasteiger partial charge in [0.05, 0.1) is 0 Å². The van der Waals surface area contributed by atoms with E-state index in [0.717, 1.165) is 39.0 Å². The second-order valence-electron chi connectivity index (χ2n) is 13.3. The topological polar surface area (TPSA) is 16.4 Å². The number of thiophene rings is 1. The molecule has 2 aromatic heterocycles. The Morgan fingerprint density at radius 3 is 1.80 bits per heavy atom. The highest BCUT2D eigenvalue weighted by Crippen LogP contribution is 2.43. The van der Waals surface area contributed by atoms with E-state index in [-0.39, 0.29) is 0 Å². The van der Waals surface area contributed by atoms with Crippen LogP contribution in [0.25, 0.3) is 85.6 Å². The van der Waals surface area contributed by atoms with E-state index in [0.29, 0.717) is 0 Å². The number of nitrogens with zero attached hydrogens (tertiary/aromatic N) is 1. The number of rotatable bonds is 4. The molecule has 0 fully saturated rings. The number of fused-ring (bicyclic) bond motifs is 11. The minimum absolute atomic E-state index is 0.895. The van der Waals surface area contributed by atoms with Crippen LogP contribution in [-0.2, 0) is 0 Å². The summed E-state index contributed by atoms with van der Waals surface area (Å²) >= 11 is 1.85. The second kappa shape index (κ2) is 11.0. The molecule has 3 heteroatoms. The molecule has 0 bridgehead atoms. The highest BCUT2D eigenvalue weighted by Gasteiger charge is 2.18. The molecule has 0 N–H and O–H groups in total. The van der Waals surface area contributed by atoms with Gasteiger partial charge in [0, 0.05) is 48.0 Å². The average molecular weight is 668 g/mol. The maximum Gasteiger partial charge on any atom is 0.135 e. The van der Waals surface area contributed by atoms with Crippen molar-refractivity contribution in [1.82, 2.24) is 0 Å². The minimum Gasteiger partial charge on any atom is -0.456 e. The SMILES string of the molecule is c1ccc2c(c1)ccc1ccc3ccc(-c4ccc(N(c5ccc6oc7ccccc7c6c5)c5ccc6sc7ccccc7c6c5)cc4)cc3c12. The molecule has 0 aliphatic heterocycles. The monoisotopic (exact) mass is 667 g/mol. The zero-order chi connectivity index (χ0) is 33.5. The highest BCUT2D eigenvalue weighted by atomic mass is 32.1. The van der Waals surface area contributed by atoms with E-state index in [2.05, 4.69) is 169 Å². The van der Waals surface area contributed by atoms with Crippen LogP contribution in [0.5, 0.6) is 0 Å². The summed E-state index contributed by atoms with van der Waals surface area (Å²) in [6.07, 6.45) is 0. The molecule has 51 heavy (non-hydrogen) atoms. The molecule has 2 heterocycles. The predicted octanol–water partition coefficient (Wildman–Crippen LogP) is 14.6. The molecule has 9 aromatic carbocycles. The van der Waals surface area contributed by atoms with Gasteiger partial charge in [-0.2, -0.15) is 0 Å². The summed E-state index contributed by atoms with van der Waals surface area (Å²) in [7, 11) is 0. The average Bonchev–Trinajstić information content (AvgIpc) is 3.76. The first-order valence-electron chi connectivity index (χ1n) is 17.3. The van der Waals surface area contributed by atoms with Gasteiger partial charge in [0.15, 0.2) is 0 Å². The van der Waals surface area contributed by atoms with Crippen LogP contribution in [0.1, 0.15) is 0 Å². The second-order valence-corrected chi connectivity index (χ2v) is 14.4. The number of anilines is 3. The fourth-order valence-corrected chi connectivity index (χ4v) is 9.05. The summed E-state index contributed by atoms with van der Waals surface area (Å²) in [4.78, 5) is 2.37. The van der Waals surface area contributed by atoms with Gasteiger partial charge in [-0.1, -0.05) is 109 Å². The van der Waals surface area contributed by atoms with E-state index in [1.807, 2.05) is 23.5 Å². The Balaban J connectivity index is 1.07. The van der Waals surface area contributed by atoms with Gasteiger partial charge < -0.3 is 9.32 Å². The summed E-state index contributed by atoms with van der Waals surface area (Å²) in [5.41, 5.74) is 7.50. The molecular formula is C48H29NOS. The fourth-order valence-electron chi connectivity index (χ4n) is 7.96. The third-order valence-corrected chi connectivity index (χ3v) is 11.6. The number of benzene rings is 9. The van der Waals surface area contributed by atoms with E-state index >= 15 is 0 Å². The molecule has 2 nitrogen and oxygen atoms in total. The van der Waals surface area contributed by atoms with Crippen molar-refractivity contribution in [3.63, 3.8) is 0 Å². The molecule has 0 saturated heterocycles. The van der Waals surface area contributed by atoms with Gasteiger partial charge in [0.1, 0.15) is 11.2 Å². The van der Waals surface area contributed by atoms with Crippen molar-refractivity contribution in [2.24, 2.45) is 0 Å². The molecule has 11 aromatic rings. The Kier molecular flexibility index (Phi) is 6.16. The van der Waals surface area contributed by atoms with Crippen LogP contribution in [0.4, 0.5) is 17.1 Å². The molecule has 0 atom stereocenters. The van der Waals surface area contributed by atoms with Gasteiger partial charge in [-0.15, -0.1) is 11.3 Å². The lowest BCUT2D eigenvalue weighted by Gasteiger charge is -2.26. The van der Waals surface area contributed by atoms with Crippen molar-refractivity contribution in [3.8, 4) is 11.1 Å². The van der Waals surface area contributed by atoms with E-state index in [1.54, 1.807) is 0 Å². The van der Waals surface area contributed by atoms with Crippen LogP contribution in [0.2, 0.25) is 0 Å². The van der Waals surface area contributed by atoms with Gasteiger partial charge in [0.25, 0.3) is 0 Å². The standard InChI is InChI=1S/C48H29NOS/c1-2-8-38-31(7-1)13-16-33-17-14-32-15-18-34(27-41(32)48(33)38)30-19-21-35(22-20-30)49(36-23-25-45-42(28-36)39-9-3-5-11-44(39)50-45)37-24-26-47-43(29-37)40-10-4-6-12-46(40)51-47/h1-29H. The van der Waals surface area contributed by atoms with Crippen molar-refractivity contribution >= 4 is 103 Å². The Labute approximate surface area is 298 Å². The van der Waals surface area contributed by atoms with E-state index in [4.69, 9.17) is 4.42 Å². The normalized spacial score (nSPS) is 11.9. The Morgan fingerprint density at radius 1 is 0.353 bits per heavy atom. The molecule has 0 amide bonds. The number of para-hydroxylation sites is 1. The summed E-state index contributed by atoms with van der Waals surface area (Å²) in [6.45, 7) is 0. The van der Waals surface area contributed by atoms with E-state index in [1.165, 1.54) is 63.6 Å². The smallest absolute Gasteiger partial charge is 0.135 e. The van der Waals surface area contributed by atoms with E-state index < -0.39 is 0 Å². The number of furan rings is 1. The lowest BCUT2D eigenvalue weighted by molar-refractivity contribution is 0.669. The first-order chi connectivity index (χ1) is 25.2. The van der Waals surface area contributed by atoms with Crippen molar-refractivity contribution in [1.29, 1.82) is 0 Å². The van der Waals surface area contributed by atoms with Gasteiger partial charge in [0.2, 0.25) is 0 Å². The molecular weight excluding hydrogens is 639 g/mol. The first-order valence-corrected chi connectivity index (χ1v) is 18.1. The van der Waals surface area contributed by atoms with Crippen LogP contribution in [0.15, 0.2) is 180 Å². The summed E-state index contributed by atoms with van der Waals surface area (Å²) in [6, 6.07) is 64.0. The highest BCUT2D eigenvalue weighted by molar-refractivity contribution is 7.25. The molecule has 0 spiro atoms. The van der Waals surface area contributed by atoms with E-state index in [9.17, 15) is 0 Å². The minimum atomic E-state index is 0.895. The van der Waals surface area contributed by atoms with Crippen molar-refractivity contribution < 1.29 is 4.42 Å². The maximum absolute atomic E-state index is 6.22. The predicted molar refractivity (Wildman–Crippen MR) is 219 cm³/mol. The van der Waals surface area contributed by atoms with Crippen LogP contribution in [0.3, 0.4) is 0 Å².